The summed E-state index contributed by atoms with van der Waals surface area (Å²) in [5, 5.41) is 3.90. The molecule has 4 aliphatic carbocycles. The number of hydrogen-bond donors (Lipinski definition) is 1. The van der Waals surface area contributed by atoms with Crippen molar-refractivity contribution in [3.63, 3.8) is 0 Å². The van der Waals surface area contributed by atoms with Gasteiger partial charge in [-0.3, -0.25) is 0 Å². The Morgan fingerprint density at radius 1 is 1.12 bits per heavy atom. The van der Waals surface area contributed by atoms with Crippen LogP contribution in [0.15, 0.2) is 34.9 Å². The van der Waals surface area contributed by atoms with Crippen molar-refractivity contribution in [1.82, 2.24) is 10.3 Å². The number of aromatic nitrogens is 1. The summed E-state index contributed by atoms with van der Waals surface area (Å²) in [4.78, 5) is 4.71. The normalized spacial score (nSPS) is 34.0. The number of nitrogens with one attached hydrogen (secondary N) is 1. The van der Waals surface area contributed by atoms with Gasteiger partial charge >= 0.3 is 0 Å². The van der Waals surface area contributed by atoms with E-state index < -0.39 is 0 Å². The van der Waals surface area contributed by atoms with E-state index in [9.17, 15) is 0 Å². The van der Waals surface area contributed by atoms with Crippen LogP contribution in [-0.4, -0.2) is 10.5 Å². The van der Waals surface area contributed by atoms with Crippen LogP contribution >= 0.6 is 0 Å². The van der Waals surface area contributed by atoms with E-state index in [4.69, 9.17) is 9.40 Å². The molecule has 24 heavy (non-hydrogen) atoms. The van der Waals surface area contributed by atoms with Gasteiger partial charge in [0.2, 0.25) is 5.89 Å². The van der Waals surface area contributed by atoms with E-state index in [1.807, 2.05) is 6.26 Å². The first-order valence-corrected chi connectivity index (χ1v) is 9.44. The standard InChI is InChI=1S/C21H26N2O/c1-14-3-2-4-18(5-14)20-23-19(13-24-20)12-22-21-9-15-6-16(10-21)8-17(7-15)11-21/h2-5,13,15-17,22H,6-12H2,1H3. The summed E-state index contributed by atoms with van der Waals surface area (Å²) in [5.41, 5.74) is 3.72. The van der Waals surface area contributed by atoms with Crippen LogP contribution in [0.25, 0.3) is 11.5 Å². The van der Waals surface area contributed by atoms with Crippen molar-refractivity contribution in [2.75, 3.05) is 0 Å². The zero-order valence-electron chi connectivity index (χ0n) is 14.4. The molecule has 4 bridgehead atoms. The highest BCUT2D eigenvalue weighted by atomic mass is 16.3. The van der Waals surface area contributed by atoms with Crippen LogP contribution in [0.1, 0.15) is 49.8 Å². The molecule has 0 unspecified atom stereocenters. The fourth-order valence-corrected chi connectivity index (χ4v) is 5.90. The molecule has 0 amide bonds. The molecule has 1 aromatic carbocycles. The van der Waals surface area contributed by atoms with Gasteiger partial charge in [-0.15, -0.1) is 0 Å². The minimum absolute atomic E-state index is 0.386. The lowest BCUT2D eigenvalue weighted by Gasteiger charge is -2.57. The fourth-order valence-electron chi connectivity index (χ4n) is 5.90. The largest absolute Gasteiger partial charge is 0.444 e. The summed E-state index contributed by atoms with van der Waals surface area (Å²) in [7, 11) is 0. The molecule has 1 N–H and O–H groups in total. The molecule has 0 saturated heterocycles. The van der Waals surface area contributed by atoms with Crippen LogP contribution < -0.4 is 5.32 Å². The van der Waals surface area contributed by atoms with E-state index in [2.05, 4.69) is 36.5 Å². The second-order valence-corrected chi connectivity index (χ2v) is 8.56. The lowest BCUT2D eigenvalue weighted by atomic mass is 9.53. The van der Waals surface area contributed by atoms with Crippen molar-refractivity contribution >= 4 is 0 Å². The molecule has 0 radical (unpaired) electrons. The predicted molar refractivity (Wildman–Crippen MR) is 94.4 cm³/mol. The van der Waals surface area contributed by atoms with Gasteiger partial charge in [0.15, 0.2) is 0 Å². The highest BCUT2D eigenvalue weighted by Gasteiger charge is 2.50. The molecule has 0 aliphatic heterocycles. The lowest BCUT2D eigenvalue weighted by Crippen LogP contribution is -2.58. The van der Waals surface area contributed by atoms with Gasteiger partial charge in [-0.25, -0.2) is 4.98 Å². The lowest BCUT2D eigenvalue weighted by molar-refractivity contribution is -0.0207. The number of aryl methyl sites for hydroxylation is 1. The Morgan fingerprint density at radius 3 is 2.50 bits per heavy atom. The van der Waals surface area contributed by atoms with Gasteiger partial charge in [-0.2, -0.15) is 0 Å². The monoisotopic (exact) mass is 322 g/mol. The Hall–Kier alpha value is -1.61. The summed E-state index contributed by atoms with van der Waals surface area (Å²) in [5.74, 6) is 3.66. The highest BCUT2D eigenvalue weighted by Crippen LogP contribution is 2.55. The maximum absolute atomic E-state index is 5.73. The number of benzene rings is 1. The van der Waals surface area contributed by atoms with Crippen molar-refractivity contribution < 1.29 is 4.42 Å². The number of nitrogens with zero attached hydrogens (tertiary/aromatic N) is 1. The molecule has 126 valence electrons. The third-order valence-electron chi connectivity index (χ3n) is 6.50. The SMILES string of the molecule is Cc1cccc(-c2nc(CNC34CC5CC(CC(C5)C3)C4)co2)c1. The summed E-state index contributed by atoms with van der Waals surface area (Å²) in [6.07, 6.45) is 10.4. The minimum Gasteiger partial charge on any atom is -0.444 e. The molecular weight excluding hydrogens is 296 g/mol. The fraction of sp³-hybridized carbons (Fsp3) is 0.571. The second kappa shape index (κ2) is 5.45. The van der Waals surface area contributed by atoms with Crippen LogP contribution in [-0.2, 0) is 6.54 Å². The van der Waals surface area contributed by atoms with Gasteiger partial charge in [0.1, 0.15) is 6.26 Å². The number of rotatable bonds is 4. The van der Waals surface area contributed by atoms with Crippen LogP contribution in [0.4, 0.5) is 0 Å². The molecule has 1 aromatic heterocycles. The molecule has 2 aromatic rings. The topological polar surface area (TPSA) is 38.1 Å². The Labute approximate surface area is 143 Å². The van der Waals surface area contributed by atoms with Gasteiger partial charge in [-0.05, 0) is 75.3 Å². The van der Waals surface area contributed by atoms with Crippen molar-refractivity contribution in [2.45, 2.75) is 57.5 Å². The van der Waals surface area contributed by atoms with Gasteiger partial charge in [0, 0.05) is 17.6 Å². The summed E-state index contributed by atoms with van der Waals surface area (Å²) in [6, 6.07) is 8.35. The molecule has 3 nitrogen and oxygen atoms in total. The third-order valence-corrected chi connectivity index (χ3v) is 6.50. The average Bonchev–Trinajstić information content (AvgIpc) is 3.01. The molecule has 4 saturated carbocycles. The zero-order valence-corrected chi connectivity index (χ0v) is 14.4. The molecular formula is C21H26N2O. The number of hydrogen-bond acceptors (Lipinski definition) is 3. The first-order chi connectivity index (χ1) is 11.7. The van der Waals surface area contributed by atoms with E-state index in [-0.39, 0.29) is 0 Å². The van der Waals surface area contributed by atoms with Crippen molar-refractivity contribution in [3.05, 3.63) is 41.8 Å². The minimum atomic E-state index is 0.386. The Bertz CT molecular complexity index is 713. The van der Waals surface area contributed by atoms with Crippen LogP contribution in [0.5, 0.6) is 0 Å². The maximum atomic E-state index is 5.73. The van der Waals surface area contributed by atoms with Crippen molar-refractivity contribution in [1.29, 1.82) is 0 Å². The van der Waals surface area contributed by atoms with Crippen LogP contribution in [0.2, 0.25) is 0 Å². The van der Waals surface area contributed by atoms with E-state index in [1.165, 1.54) is 44.1 Å². The molecule has 0 spiro atoms. The molecule has 6 rings (SSSR count). The maximum Gasteiger partial charge on any atom is 0.226 e. The van der Waals surface area contributed by atoms with E-state index in [1.54, 1.807) is 0 Å². The first kappa shape index (κ1) is 14.7. The smallest absolute Gasteiger partial charge is 0.226 e. The van der Waals surface area contributed by atoms with Gasteiger partial charge in [0.25, 0.3) is 0 Å². The quantitative estimate of drug-likeness (QED) is 0.886. The Balaban J connectivity index is 1.29. The van der Waals surface area contributed by atoms with Crippen molar-refractivity contribution in [2.24, 2.45) is 17.8 Å². The Kier molecular flexibility index (Phi) is 3.34. The van der Waals surface area contributed by atoms with Crippen molar-refractivity contribution in [3.8, 4) is 11.5 Å². The number of oxazole rings is 1. The molecule has 1 heterocycles. The Morgan fingerprint density at radius 2 is 1.83 bits per heavy atom. The highest BCUT2D eigenvalue weighted by molar-refractivity contribution is 5.54. The molecule has 4 aliphatic rings. The second-order valence-electron chi connectivity index (χ2n) is 8.56. The average molecular weight is 322 g/mol. The molecule has 3 heteroatoms. The van der Waals surface area contributed by atoms with Gasteiger partial charge in [0.05, 0.1) is 5.69 Å². The van der Waals surface area contributed by atoms with E-state index >= 15 is 0 Å². The van der Waals surface area contributed by atoms with Gasteiger partial charge in [-0.1, -0.05) is 17.7 Å². The summed E-state index contributed by atoms with van der Waals surface area (Å²) >= 11 is 0. The zero-order chi connectivity index (χ0) is 16.1. The first-order valence-electron chi connectivity index (χ1n) is 9.44. The van der Waals surface area contributed by atoms with Gasteiger partial charge < -0.3 is 9.73 Å². The summed E-state index contributed by atoms with van der Waals surface area (Å²) in [6.45, 7) is 2.93. The van der Waals surface area contributed by atoms with E-state index in [0.717, 1.165) is 41.4 Å². The molecule has 4 fully saturated rings. The van der Waals surface area contributed by atoms with Crippen LogP contribution in [0, 0.1) is 24.7 Å². The van der Waals surface area contributed by atoms with E-state index in [0.29, 0.717) is 5.54 Å². The summed E-state index contributed by atoms with van der Waals surface area (Å²) < 4.78 is 5.73. The third kappa shape index (κ3) is 2.59. The van der Waals surface area contributed by atoms with Crippen LogP contribution in [0.3, 0.4) is 0 Å². The predicted octanol–water partition coefficient (Wildman–Crippen LogP) is 4.71. The molecule has 0 atom stereocenters.